The highest BCUT2D eigenvalue weighted by Gasteiger charge is 2.39. The average Bonchev–Trinajstić information content (AvgIpc) is 0.835. The zero-order valence-electron chi connectivity index (χ0n) is 90.1. The van der Waals surface area contributed by atoms with E-state index in [-0.39, 0.29) is 55.6 Å². The standard InChI is InChI=1S/2C19H32N2O.C19H31NO2.C19H31NO.C18H30N2O2.C18H29NO.C2H6/c2*1-18(2,3)9-7-14-8-10-20-17(11-14)22-16-12-15(13-16)21-19(4,5)6;1-18(2,3)13-21-15-8-7-9-16(12-15)22-17-10-14(11-17)20-19(4,5)6;1-18(2,3)13-14-8-7-9-16(10-14)21-17-11-15(12-17)20-19(4,5)6;1-17(2,3)12-21-14-7-8-19-16(11-14)22-15-9-13(10-15)20-18(4,5)6;1-17(2,3)13-8-7-9-15(10-13)20-16-11-14(12-16)19-18(4,5)6;1-2/h2*8,10-11,15-16,21H,7,9,12-13H2,1-6H3;7-9,12,14,17,20H,10-11,13H2,1-6H3;7-10,15,17,20H,11-13H2,1-6H3;7-8,11,13,15,20H,9-10,12H2,1-6H3;7-10,14,16,19H,11-12H2,1-6H3;1-2H3. The Balaban J connectivity index is 0.000000241. The third kappa shape index (κ3) is 50.1. The van der Waals surface area contributed by atoms with Crippen molar-refractivity contribution in [2.24, 2.45) is 27.1 Å². The summed E-state index contributed by atoms with van der Waals surface area (Å²) in [6.45, 7) is 85.3. The van der Waals surface area contributed by atoms with Crippen molar-refractivity contribution in [2.45, 2.75) is 484 Å². The van der Waals surface area contributed by atoms with E-state index in [1.54, 1.807) is 6.20 Å². The number of pyridine rings is 3. The molecule has 0 amide bonds. The highest BCUT2D eigenvalue weighted by Crippen LogP contribution is 2.37. The van der Waals surface area contributed by atoms with E-state index >= 15 is 0 Å². The molecular weight excluding hydrogens is 1620 g/mol. The Bertz CT molecular complexity index is 3870. The molecule has 0 bridgehead atoms. The van der Waals surface area contributed by atoms with Gasteiger partial charge in [-0.25, -0.2) is 15.0 Å². The predicted molar refractivity (Wildman–Crippen MR) is 553 cm³/mol. The van der Waals surface area contributed by atoms with Gasteiger partial charge in [0.05, 0.1) is 13.2 Å². The van der Waals surface area contributed by atoms with Crippen LogP contribution in [0, 0.1) is 27.1 Å². The number of nitrogens with zero attached hydrogens (tertiary/aromatic N) is 3. The van der Waals surface area contributed by atoms with Gasteiger partial charge in [-0.2, -0.15) is 0 Å². The van der Waals surface area contributed by atoms with Gasteiger partial charge in [0.1, 0.15) is 65.4 Å². The molecule has 0 aliphatic heterocycles. The summed E-state index contributed by atoms with van der Waals surface area (Å²) in [7, 11) is 0. The Labute approximate surface area is 800 Å². The Morgan fingerprint density at radius 3 is 0.824 bits per heavy atom. The maximum atomic E-state index is 6.11. The van der Waals surface area contributed by atoms with Crippen LogP contribution in [0.2, 0.25) is 0 Å². The van der Waals surface area contributed by atoms with Crippen molar-refractivity contribution in [3.63, 3.8) is 0 Å². The highest BCUT2D eigenvalue weighted by atomic mass is 16.5. The Morgan fingerprint density at radius 1 is 0.260 bits per heavy atom. The van der Waals surface area contributed by atoms with Gasteiger partial charge in [0, 0.05) is 112 Å². The molecule has 3 heterocycles. The molecule has 131 heavy (non-hydrogen) atoms. The van der Waals surface area contributed by atoms with Gasteiger partial charge in [0.15, 0.2) is 0 Å². The fourth-order valence-corrected chi connectivity index (χ4v) is 16.0. The first-order valence-corrected chi connectivity index (χ1v) is 50.2. The van der Waals surface area contributed by atoms with Crippen LogP contribution in [-0.4, -0.2) is 134 Å². The third-order valence-corrected chi connectivity index (χ3v) is 22.3. The summed E-state index contributed by atoms with van der Waals surface area (Å²) < 4.78 is 47.9. The van der Waals surface area contributed by atoms with Gasteiger partial charge in [0.2, 0.25) is 17.6 Å². The van der Waals surface area contributed by atoms with Crippen molar-refractivity contribution in [2.75, 3.05) is 13.2 Å². The van der Waals surface area contributed by atoms with Crippen molar-refractivity contribution in [3.05, 3.63) is 150 Å². The molecule has 12 rings (SSSR count). The number of rotatable bonds is 27. The molecule has 740 valence electrons. The van der Waals surface area contributed by atoms with E-state index in [0.29, 0.717) is 102 Å². The summed E-state index contributed by atoms with van der Waals surface area (Å²) in [5, 5.41) is 21.7. The number of benzene rings is 3. The number of aryl methyl sites for hydroxylation is 2. The van der Waals surface area contributed by atoms with Gasteiger partial charge in [-0.15, -0.1) is 0 Å². The molecule has 17 heteroatoms. The lowest BCUT2D eigenvalue weighted by Gasteiger charge is -2.40. The van der Waals surface area contributed by atoms with Gasteiger partial charge in [-0.3, -0.25) is 0 Å². The number of ether oxygens (including phenoxy) is 8. The van der Waals surface area contributed by atoms with Gasteiger partial charge in [-0.05, 0) is 343 Å². The third-order valence-electron chi connectivity index (χ3n) is 22.3. The van der Waals surface area contributed by atoms with E-state index < -0.39 is 0 Å². The number of aromatic nitrogens is 3. The molecule has 6 saturated carbocycles. The molecule has 0 spiro atoms. The molecule has 0 radical (unpaired) electrons. The molecule has 6 aliphatic carbocycles. The van der Waals surface area contributed by atoms with E-state index in [9.17, 15) is 0 Å². The molecule has 6 aromatic rings. The monoisotopic (exact) mass is 1810 g/mol. The van der Waals surface area contributed by atoms with E-state index in [0.717, 1.165) is 137 Å². The summed E-state index contributed by atoms with van der Waals surface area (Å²) in [5.41, 5.74) is 7.96. The topological polar surface area (TPSA) is 185 Å². The SMILES string of the molecule is CC.CC(C)(C)CCc1ccnc(OC2CC(NC(C)(C)C)C2)c1.CC(C)(C)CCc1ccnc(OC2CC(NC(C)(C)C)C2)c1.CC(C)(C)COc1cccc(OC2CC(NC(C)(C)C)C2)c1.CC(C)(C)COc1ccnc(OC2CC(NC(C)(C)C)C2)c1.CC(C)(C)Cc1cccc(OC2CC(NC(C)(C)C)C2)c1.CC(C)(C)NC1CC(Oc2cccc(C(C)(C)C)c2)C1. The first-order chi connectivity index (χ1) is 60.2. The maximum absolute atomic E-state index is 6.11. The average molecular weight is 1820 g/mol. The number of hydrogen-bond acceptors (Lipinski definition) is 17. The first-order valence-electron chi connectivity index (χ1n) is 50.2. The quantitative estimate of drug-likeness (QED) is 0.0286. The minimum atomic E-state index is 0.143. The van der Waals surface area contributed by atoms with Crippen LogP contribution in [0.25, 0.3) is 0 Å². The summed E-state index contributed by atoms with van der Waals surface area (Å²) in [6.07, 6.45) is 26.0. The summed E-state index contributed by atoms with van der Waals surface area (Å²) in [6, 6.07) is 40.8. The largest absolute Gasteiger partial charge is 0.493 e. The maximum Gasteiger partial charge on any atom is 0.217 e. The van der Waals surface area contributed by atoms with Gasteiger partial charge >= 0.3 is 0 Å². The Morgan fingerprint density at radius 2 is 0.527 bits per heavy atom. The van der Waals surface area contributed by atoms with Crippen molar-refractivity contribution in [1.82, 2.24) is 46.9 Å². The minimum absolute atomic E-state index is 0.143. The van der Waals surface area contributed by atoms with Crippen molar-refractivity contribution in [3.8, 4) is 46.4 Å². The van der Waals surface area contributed by atoms with Crippen molar-refractivity contribution >= 4 is 0 Å². The van der Waals surface area contributed by atoms with Crippen LogP contribution >= 0.6 is 0 Å². The van der Waals surface area contributed by atoms with Crippen LogP contribution in [-0.2, 0) is 24.7 Å². The second-order valence-corrected chi connectivity index (χ2v) is 51.6. The molecule has 0 unspecified atom stereocenters. The summed E-state index contributed by atoms with van der Waals surface area (Å²) in [4.78, 5) is 13.0. The lowest BCUT2D eigenvalue weighted by atomic mass is 9.86. The fraction of sp³-hybridized carbons (Fsp3) is 0.711. The predicted octanol–water partition coefficient (Wildman–Crippen LogP) is 26.8. The summed E-state index contributed by atoms with van der Waals surface area (Å²) >= 11 is 0. The molecule has 6 aliphatic rings. The molecule has 3 aromatic carbocycles. The van der Waals surface area contributed by atoms with Gasteiger partial charge in [-0.1, -0.05) is 169 Å². The van der Waals surface area contributed by atoms with Crippen LogP contribution in [0.3, 0.4) is 0 Å². The highest BCUT2D eigenvalue weighted by molar-refractivity contribution is 5.35. The van der Waals surface area contributed by atoms with Gasteiger partial charge < -0.3 is 69.8 Å². The van der Waals surface area contributed by atoms with E-state index in [1.807, 2.05) is 62.6 Å². The van der Waals surface area contributed by atoms with Crippen LogP contribution in [0.1, 0.15) is 375 Å². The number of hydrogen-bond donors (Lipinski definition) is 6. The second-order valence-electron chi connectivity index (χ2n) is 51.6. The molecule has 17 nitrogen and oxygen atoms in total. The molecule has 3 aromatic heterocycles. The lowest BCUT2D eigenvalue weighted by molar-refractivity contribution is 0.0687. The lowest BCUT2D eigenvalue weighted by Crippen LogP contribution is -2.53. The van der Waals surface area contributed by atoms with E-state index in [2.05, 4.69) is 369 Å². The van der Waals surface area contributed by atoms with Crippen molar-refractivity contribution in [1.29, 1.82) is 0 Å². The molecule has 6 fully saturated rings. The molecule has 6 N–H and O–H groups in total. The fourth-order valence-electron chi connectivity index (χ4n) is 16.0. The zero-order chi connectivity index (χ0) is 98.2. The van der Waals surface area contributed by atoms with Crippen LogP contribution < -0.4 is 69.8 Å². The van der Waals surface area contributed by atoms with E-state index in [1.165, 1.54) is 35.1 Å². The zero-order valence-corrected chi connectivity index (χ0v) is 90.1. The van der Waals surface area contributed by atoms with Crippen LogP contribution in [0.4, 0.5) is 0 Å². The van der Waals surface area contributed by atoms with E-state index in [4.69, 9.17) is 37.9 Å². The molecule has 0 atom stereocenters. The van der Waals surface area contributed by atoms with Gasteiger partial charge in [0.25, 0.3) is 0 Å². The Hall–Kier alpha value is -6.73. The summed E-state index contributed by atoms with van der Waals surface area (Å²) in [5.74, 6) is 6.87. The normalized spacial score (nSPS) is 22.2. The second kappa shape index (κ2) is 48.8. The smallest absolute Gasteiger partial charge is 0.217 e. The molecule has 0 saturated heterocycles. The van der Waals surface area contributed by atoms with Crippen LogP contribution in [0.5, 0.6) is 46.4 Å². The molecular formula is C114H191N9O8. The van der Waals surface area contributed by atoms with Crippen molar-refractivity contribution < 1.29 is 37.9 Å². The minimum Gasteiger partial charge on any atom is -0.493 e. The Kier molecular flexibility index (Phi) is 42.1. The number of nitrogens with one attached hydrogen (secondary N) is 6. The van der Waals surface area contributed by atoms with Crippen LogP contribution in [0.15, 0.2) is 128 Å². The first kappa shape index (κ1) is 113.